The van der Waals surface area contributed by atoms with Crippen LogP contribution in [0.3, 0.4) is 0 Å². The summed E-state index contributed by atoms with van der Waals surface area (Å²) in [6, 6.07) is 11.9. The van der Waals surface area contributed by atoms with E-state index < -0.39 is 23.5 Å². The Hall–Kier alpha value is -3.86. The number of carbonyl (C=O) groups excluding carboxylic acids is 1. The van der Waals surface area contributed by atoms with E-state index in [0.29, 0.717) is 38.2 Å². The molecule has 1 aliphatic rings. The van der Waals surface area contributed by atoms with Crippen LogP contribution in [0, 0.1) is 5.82 Å². The van der Waals surface area contributed by atoms with Crippen molar-refractivity contribution in [1.29, 1.82) is 0 Å². The Morgan fingerprint density at radius 2 is 1.74 bits per heavy atom. The lowest BCUT2D eigenvalue weighted by molar-refractivity contribution is -0.137. The van der Waals surface area contributed by atoms with Crippen molar-refractivity contribution >= 4 is 34.5 Å². The average Bonchev–Trinajstić information content (AvgIpc) is 2.85. The number of rotatable bonds is 6. The zero-order valence-electron chi connectivity index (χ0n) is 18.7. The van der Waals surface area contributed by atoms with Gasteiger partial charge in [-0.3, -0.25) is 4.79 Å². The average molecular weight is 489 g/mol. The molecule has 11 heteroatoms. The second kappa shape index (κ2) is 10.2. The predicted octanol–water partition coefficient (Wildman–Crippen LogP) is 4.92. The fourth-order valence-corrected chi connectivity index (χ4v) is 3.68. The summed E-state index contributed by atoms with van der Waals surface area (Å²) in [4.78, 5) is 18.0. The number of amides is 1. The molecule has 3 N–H and O–H groups in total. The molecule has 0 saturated carbocycles. The van der Waals surface area contributed by atoms with E-state index in [0.717, 1.165) is 6.07 Å². The van der Waals surface area contributed by atoms with Crippen molar-refractivity contribution in [3.05, 3.63) is 71.7 Å². The molecule has 3 aromatic rings. The summed E-state index contributed by atoms with van der Waals surface area (Å²) >= 11 is 0. The van der Waals surface area contributed by atoms with Crippen molar-refractivity contribution < 1.29 is 27.1 Å². The molecule has 4 rings (SSSR count). The number of halogens is 4. The van der Waals surface area contributed by atoms with Crippen molar-refractivity contribution in [2.24, 2.45) is 0 Å². The van der Waals surface area contributed by atoms with Gasteiger partial charge in [-0.05, 0) is 30.3 Å². The van der Waals surface area contributed by atoms with Crippen molar-refractivity contribution in [2.75, 3.05) is 48.9 Å². The van der Waals surface area contributed by atoms with Gasteiger partial charge in [-0.15, -0.1) is 0 Å². The number of benzene rings is 2. The first-order valence-corrected chi connectivity index (χ1v) is 10.8. The Morgan fingerprint density at radius 1 is 1.00 bits per heavy atom. The van der Waals surface area contributed by atoms with Gasteiger partial charge in [0.05, 0.1) is 41.4 Å². The van der Waals surface area contributed by atoms with E-state index in [1.807, 2.05) is 4.90 Å². The minimum atomic E-state index is -4.71. The van der Waals surface area contributed by atoms with Crippen LogP contribution in [0.15, 0.2) is 54.7 Å². The molecule has 1 amide bonds. The van der Waals surface area contributed by atoms with Crippen LogP contribution >= 0.6 is 0 Å². The minimum absolute atomic E-state index is 0.00375. The second-order valence-electron chi connectivity index (χ2n) is 7.75. The van der Waals surface area contributed by atoms with E-state index >= 15 is 0 Å². The van der Waals surface area contributed by atoms with Gasteiger partial charge in [-0.1, -0.05) is 12.1 Å². The smallest absolute Gasteiger partial charge is 0.378 e. The number of morpholine rings is 1. The topological polar surface area (TPSA) is 78.5 Å². The van der Waals surface area contributed by atoms with E-state index in [1.165, 1.54) is 31.3 Å². The number of alkyl halides is 3. The van der Waals surface area contributed by atoms with Crippen LogP contribution in [-0.4, -0.2) is 44.2 Å². The lowest BCUT2D eigenvalue weighted by atomic mass is 10.1. The van der Waals surface area contributed by atoms with Gasteiger partial charge >= 0.3 is 6.18 Å². The van der Waals surface area contributed by atoms with Crippen molar-refractivity contribution in [1.82, 2.24) is 10.3 Å². The highest BCUT2D eigenvalue weighted by molar-refractivity contribution is 6.00. The third kappa shape index (κ3) is 5.62. The molecular weight excluding hydrogens is 466 g/mol. The van der Waals surface area contributed by atoms with E-state index in [9.17, 15) is 22.4 Å². The molecule has 35 heavy (non-hydrogen) atoms. The summed E-state index contributed by atoms with van der Waals surface area (Å²) in [5.74, 6) is -1.04. The van der Waals surface area contributed by atoms with Gasteiger partial charge in [-0.25, -0.2) is 9.37 Å². The van der Waals surface area contributed by atoms with E-state index in [2.05, 4.69) is 20.9 Å². The Balaban J connectivity index is 1.63. The van der Waals surface area contributed by atoms with Gasteiger partial charge in [0, 0.05) is 38.1 Å². The standard InChI is InChI=1S/C24H23F4N5O2/c1-29-23(34)16-4-2-3-5-19(16)31-21-13-22(30-14-17(21)24(26,27)28)32-20-7-6-15(12-18(20)25)33-8-10-35-11-9-33/h2-7,12-14H,8-11H2,1H3,(H,29,34)(H2,30,31,32). The highest BCUT2D eigenvalue weighted by Gasteiger charge is 2.34. The molecule has 0 atom stereocenters. The first-order chi connectivity index (χ1) is 16.8. The lowest BCUT2D eigenvalue weighted by Crippen LogP contribution is -2.36. The summed E-state index contributed by atoms with van der Waals surface area (Å²) in [5.41, 5.74) is -0.278. The maximum Gasteiger partial charge on any atom is 0.419 e. The molecule has 0 spiro atoms. The minimum Gasteiger partial charge on any atom is -0.378 e. The number of carbonyl (C=O) groups is 1. The Morgan fingerprint density at radius 3 is 2.43 bits per heavy atom. The number of hydrogen-bond donors (Lipinski definition) is 3. The summed E-state index contributed by atoms with van der Waals surface area (Å²) in [5, 5.41) is 7.88. The zero-order chi connectivity index (χ0) is 25.0. The summed E-state index contributed by atoms with van der Waals surface area (Å²) in [7, 11) is 1.42. The normalized spacial score (nSPS) is 13.9. The molecule has 2 aromatic carbocycles. The molecule has 1 saturated heterocycles. The number of anilines is 5. The second-order valence-corrected chi connectivity index (χ2v) is 7.75. The Bertz CT molecular complexity index is 1210. The predicted molar refractivity (Wildman–Crippen MR) is 125 cm³/mol. The van der Waals surface area contributed by atoms with Gasteiger partial charge in [0.2, 0.25) is 0 Å². The first kappa shape index (κ1) is 24.3. The SMILES string of the molecule is CNC(=O)c1ccccc1Nc1cc(Nc2ccc(N3CCOCC3)cc2F)ncc1C(F)(F)F. The first-order valence-electron chi connectivity index (χ1n) is 10.8. The van der Waals surface area contributed by atoms with E-state index in [1.54, 1.807) is 18.2 Å². The maximum atomic E-state index is 14.8. The Labute approximate surface area is 199 Å². The largest absolute Gasteiger partial charge is 0.419 e. The molecule has 184 valence electrons. The Kier molecular flexibility index (Phi) is 7.06. The fourth-order valence-electron chi connectivity index (χ4n) is 3.68. The lowest BCUT2D eigenvalue weighted by Gasteiger charge is -2.29. The van der Waals surface area contributed by atoms with Crippen molar-refractivity contribution in [3.63, 3.8) is 0 Å². The van der Waals surface area contributed by atoms with Crippen LogP contribution in [0.4, 0.5) is 46.1 Å². The van der Waals surface area contributed by atoms with Crippen LogP contribution in [0.1, 0.15) is 15.9 Å². The van der Waals surface area contributed by atoms with E-state index in [4.69, 9.17) is 4.74 Å². The van der Waals surface area contributed by atoms with Crippen molar-refractivity contribution in [2.45, 2.75) is 6.18 Å². The molecule has 0 unspecified atom stereocenters. The van der Waals surface area contributed by atoms with Gasteiger partial charge in [0.25, 0.3) is 5.91 Å². The van der Waals surface area contributed by atoms with Gasteiger partial charge in [0.15, 0.2) is 0 Å². The molecule has 1 aliphatic heterocycles. The molecule has 0 bridgehead atoms. The molecule has 0 radical (unpaired) electrons. The third-order valence-electron chi connectivity index (χ3n) is 5.47. The molecule has 0 aliphatic carbocycles. The number of pyridine rings is 1. The van der Waals surface area contributed by atoms with Crippen LogP contribution in [-0.2, 0) is 10.9 Å². The molecule has 1 aromatic heterocycles. The number of nitrogens with zero attached hydrogens (tertiary/aromatic N) is 2. The maximum absolute atomic E-state index is 14.8. The summed E-state index contributed by atoms with van der Waals surface area (Å²) < 4.78 is 61.1. The molecular formula is C24H23F4N5O2. The number of ether oxygens (including phenoxy) is 1. The van der Waals surface area contributed by atoms with Crippen LogP contribution in [0.2, 0.25) is 0 Å². The monoisotopic (exact) mass is 489 g/mol. The molecule has 1 fully saturated rings. The summed E-state index contributed by atoms with van der Waals surface area (Å²) in [6.45, 7) is 2.38. The van der Waals surface area contributed by atoms with Gasteiger partial charge in [0.1, 0.15) is 11.6 Å². The molecule has 7 nitrogen and oxygen atoms in total. The quantitative estimate of drug-likeness (QED) is 0.427. The fraction of sp³-hybridized carbons (Fsp3) is 0.250. The van der Waals surface area contributed by atoms with Crippen molar-refractivity contribution in [3.8, 4) is 0 Å². The van der Waals surface area contributed by atoms with Crippen LogP contribution < -0.4 is 20.9 Å². The number of para-hydroxylation sites is 1. The highest BCUT2D eigenvalue weighted by atomic mass is 19.4. The van der Waals surface area contributed by atoms with Gasteiger partial charge in [-0.2, -0.15) is 13.2 Å². The zero-order valence-corrected chi connectivity index (χ0v) is 18.7. The molecule has 2 heterocycles. The number of hydrogen-bond acceptors (Lipinski definition) is 6. The highest BCUT2D eigenvalue weighted by Crippen LogP contribution is 2.38. The summed E-state index contributed by atoms with van der Waals surface area (Å²) in [6.07, 6.45) is -4.05. The van der Waals surface area contributed by atoms with Crippen LogP contribution in [0.25, 0.3) is 0 Å². The van der Waals surface area contributed by atoms with E-state index in [-0.39, 0.29) is 28.4 Å². The van der Waals surface area contributed by atoms with Crippen LogP contribution in [0.5, 0.6) is 0 Å². The number of nitrogens with one attached hydrogen (secondary N) is 3. The van der Waals surface area contributed by atoms with Gasteiger partial charge < -0.3 is 25.6 Å². The third-order valence-corrected chi connectivity index (χ3v) is 5.47. The number of aromatic nitrogens is 1.